The maximum absolute atomic E-state index is 13.0. The largest absolute Gasteiger partial charge is 0.508 e. The molecule has 40 heavy (non-hydrogen) atoms. The number of rotatable bonds is 19. The van der Waals surface area contributed by atoms with Crippen LogP contribution in [0, 0.1) is 0 Å². The smallest absolute Gasteiger partial charge is 0.326 e. The van der Waals surface area contributed by atoms with Gasteiger partial charge in [-0.05, 0) is 49.9 Å². The molecule has 222 valence electrons. The standard InChI is InChI=1S/C25H37N5O10/c26-12-2-1-3-16(27)22(36)28-17(8-10-20(32)33)23(37)29-18(9-11-21(34)35)24(38)30-19(25(39)40)13-14-4-6-15(31)7-5-14/h4-7,16-19,31H,1-3,8-13,26-27H2,(H,28,36)(H,29,37)(H,30,38)(H,32,33)(H,34,35)(H,39,40). The highest BCUT2D eigenvalue weighted by molar-refractivity contribution is 5.94. The molecule has 4 atom stereocenters. The fourth-order valence-electron chi connectivity index (χ4n) is 3.60. The van der Waals surface area contributed by atoms with Crippen LogP contribution in [0.15, 0.2) is 24.3 Å². The van der Waals surface area contributed by atoms with E-state index in [9.17, 15) is 39.0 Å². The van der Waals surface area contributed by atoms with Crippen molar-refractivity contribution in [1.29, 1.82) is 0 Å². The number of benzene rings is 1. The Kier molecular flexibility index (Phi) is 14.7. The number of carbonyl (C=O) groups excluding carboxylic acids is 3. The highest BCUT2D eigenvalue weighted by Gasteiger charge is 2.31. The number of hydrogen-bond donors (Lipinski definition) is 9. The molecule has 0 aliphatic rings. The predicted molar refractivity (Wildman–Crippen MR) is 140 cm³/mol. The van der Waals surface area contributed by atoms with E-state index in [1.807, 2.05) is 0 Å². The predicted octanol–water partition coefficient (Wildman–Crippen LogP) is -1.34. The molecule has 0 fully saturated rings. The summed E-state index contributed by atoms with van der Waals surface area (Å²) >= 11 is 0. The van der Waals surface area contributed by atoms with Gasteiger partial charge in [0.2, 0.25) is 17.7 Å². The summed E-state index contributed by atoms with van der Waals surface area (Å²) in [5.41, 5.74) is 11.7. The Labute approximate surface area is 230 Å². The number of amides is 3. The van der Waals surface area contributed by atoms with Crippen LogP contribution in [0.4, 0.5) is 0 Å². The lowest BCUT2D eigenvalue weighted by Gasteiger charge is -2.25. The number of carboxylic acids is 3. The van der Waals surface area contributed by atoms with E-state index in [2.05, 4.69) is 16.0 Å². The lowest BCUT2D eigenvalue weighted by atomic mass is 10.0. The van der Waals surface area contributed by atoms with Gasteiger partial charge < -0.3 is 47.8 Å². The summed E-state index contributed by atoms with van der Waals surface area (Å²) in [4.78, 5) is 72.6. The third-order valence-corrected chi connectivity index (χ3v) is 5.86. The van der Waals surface area contributed by atoms with E-state index in [-0.39, 0.29) is 25.0 Å². The van der Waals surface area contributed by atoms with Crippen LogP contribution in [0.25, 0.3) is 0 Å². The minimum atomic E-state index is -1.52. The van der Waals surface area contributed by atoms with E-state index in [1.54, 1.807) is 0 Å². The van der Waals surface area contributed by atoms with E-state index >= 15 is 0 Å². The number of nitrogens with one attached hydrogen (secondary N) is 3. The Morgan fingerprint density at radius 3 is 1.62 bits per heavy atom. The average molecular weight is 568 g/mol. The summed E-state index contributed by atoms with van der Waals surface area (Å²) in [6.45, 7) is 0.398. The van der Waals surface area contributed by atoms with E-state index in [0.717, 1.165) is 0 Å². The number of phenols is 1. The molecule has 0 spiro atoms. The normalized spacial score (nSPS) is 13.8. The lowest BCUT2D eigenvalue weighted by molar-refractivity contribution is -0.143. The SMILES string of the molecule is NCCCCC(N)C(=O)NC(CCC(=O)O)C(=O)NC(CCC(=O)O)C(=O)NC(Cc1ccc(O)cc1)C(=O)O. The molecule has 1 aromatic rings. The van der Waals surface area contributed by atoms with Crippen LogP contribution < -0.4 is 27.4 Å². The molecule has 1 aromatic carbocycles. The topological polar surface area (TPSA) is 271 Å². The second kappa shape index (κ2) is 17.4. The first-order valence-electron chi connectivity index (χ1n) is 12.6. The number of carboxylic acid groups (broad SMARTS) is 3. The Bertz CT molecular complexity index is 1030. The minimum Gasteiger partial charge on any atom is -0.508 e. The van der Waals surface area contributed by atoms with Crippen LogP contribution in [0.1, 0.15) is 50.5 Å². The van der Waals surface area contributed by atoms with Crippen molar-refractivity contribution in [2.24, 2.45) is 11.5 Å². The van der Waals surface area contributed by atoms with Crippen molar-refractivity contribution in [3.8, 4) is 5.75 Å². The fraction of sp³-hybridized carbons (Fsp3) is 0.520. The molecule has 0 aliphatic carbocycles. The number of aromatic hydroxyl groups is 1. The monoisotopic (exact) mass is 567 g/mol. The van der Waals surface area contributed by atoms with Gasteiger partial charge in [-0.1, -0.05) is 18.6 Å². The molecule has 4 unspecified atom stereocenters. The van der Waals surface area contributed by atoms with Crippen molar-refractivity contribution in [2.75, 3.05) is 6.54 Å². The second-order valence-corrected chi connectivity index (χ2v) is 9.15. The molecule has 0 heterocycles. The van der Waals surface area contributed by atoms with Gasteiger partial charge in [0, 0.05) is 19.3 Å². The second-order valence-electron chi connectivity index (χ2n) is 9.15. The number of phenolic OH excluding ortho intramolecular Hbond substituents is 1. The van der Waals surface area contributed by atoms with E-state index < -0.39 is 79.1 Å². The third kappa shape index (κ3) is 13.0. The van der Waals surface area contributed by atoms with Crippen LogP contribution in [-0.2, 0) is 35.2 Å². The third-order valence-electron chi connectivity index (χ3n) is 5.86. The zero-order valence-electron chi connectivity index (χ0n) is 21.9. The van der Waals surface area contributed by atoms with E-state index in [4.69, 9.17) is 21.7 Å². The van der Waals surface area contributed by atoms with Crippen LogP contribution in [0.5, 0.6) is 5.75 Å². The molecule has 0 saturated heterocycles. The van der Waals surface area contributed by atoms with E-state index in [1.165, 1.54) is 24.3 Å². The number of unbranched alkanes of at least 4 members (excludes halogenated alkanes) is 1. The molecule has 11 N–H and O–H groups in total. The molecule has 15 nitrogen and oxygen atoms in total. The molecule has 0 radical (unpaired) electrons. The first-order chi connectivity index (χ1) is 18.8. The van der Waals surface area contributed by atoms with Crippen molar-refractivity contribution in [3.05, 3.63) is 29.8 Å². The average Bonchev–Trinajstić information content (AvgIpc) is 2.89. The van der Waals surface area contributed by atoms with Gasteiger partial charge in [-0.15, -0.1) is 0 Å². The lowest BCUT2D eigenvalue weighted by Crippen LogP contribution is -2.57. The summed E-state index contributed by atoms with van der Waals surface area (Å²) < 4.78 is 0. The van der Waals surface area contributed by atoms with Crippen molar-refractivity contribution < 1.29 is 49.2 Å². The summed E-state index contributed by atoms with van der Waals surface area (Å²) in [5, 5.41) is 44.1. The number of hydrogen-bond acceptors (Lipinski definition) is 9. The Morgan fingerprint density at radius 1 is 0.700 bits per heavy atom. The van der Waals surface area contributed by atoms with Crippen molar-refractivity contribution >= 4 is 35.6 Å². The van der Waals surface area contributed by atoms with Crippen molar-refractivity contribution in [3.63, 3.8) is 0 Å². The summed E-state index contributed by atoms with van der Waals surface area (Å²) in [6.07, 6.45) is -0.604. The van der Waals surface area contributed by atoms with Gasteiger partial charge in [-0.25, -0.2) is 4.79 Å². The Hall–Kier alpha value is -4.24. The Morgan fingerprint density at radius 2 is 1.18 bits per heavy atom. The highest BCUT2D eigenvalue weighted by Crippen LogP contribution is 2.12. The van der Waals surface area contributed by atoms with E-state index in [0.29, 0.717) is 24.9 Å². The van der Waals surface area contributed by atoms with Crippen molar-refractivity contribution in [1.82, 2.24) is 16.0 Å². The van der Waals surface area contributed by atoms with Crippen LogP contribution in [-0.4, -0.2) is 86.8 Å². The molecule has 15 heteroatoms. The first-order valence-corrected chi connectivity index (χ1v) is 12.6. The van der Waals surface area contributed by atoms with Gasteiger partial charge in [-0.3, -0.25) is 24.0 Å². The maximum atomic E-state index is 13.0. The quantitative estimate of drug-likeness (QED) is 0.0879. The number of carbonyl (C=O) groups is 6. The maximum Gasteiger partial charge on any atom is 0.326 e. The molecule has 3 amide bonds. The molecule has 1 rings (SSSR count). The van der Waals surface area contributed by atoms with Crippen LogP contribution in [0.2, 0.25) is 0 Å². The summed E-state index contributed by atoms with van der Waals surface area (Å²) in [5.74, 6) is -6.68. The first kappa shape index (κ1) is 33.8. The number of aliphatic carboxylic acids is 3. The van der Waals surface area contributed by atoms with Gasteiger partial charge in [0.1, 0.15) is 23.9 Å². The molecular weight excluding hydrogens is 530 g/mol. The molecule has 0 saturated carbocycles. The number of nitrogens with two attached hydrogens (primary N) is 2. The minimum absolute atomic E-state index is 0.0443. The van der Waals surface area contributed by atoms with Gasteiger partial charge >= 0.3 is 17.9 Å². The van der Waals surface area contributed by atoms with Crippen molar-refractivity contribution in [2.45, 2.75) is 75.5 Å². The molecule has 0 aliphatic heterocycles. The molecule has 0 aromatic heterocycles. The molecule has 0 bridgehead atoms. The van der Waals surface area contributed by atoms with Crippen LogP contribution >= 0.6 is 0 Å². The Balaban J connectivity index is 3.04. The zero-order valence-corrected chi connectivity index (χ0v) is 21.9. The van der Waals surface area contributed by atoms with Gasteiger partial charge in [-0.2, -0.15) is 0 Å². The molecular formula is C25H37N5O10. The fourth-order valence-corrected chi connectivity index (χ4v) is 3.60. The summed E-state index contributed by atoms with van der Waals surface area (Å²) in [6, 6.07) is 0.173. The van der Waals surface area contributed by atoms with Gasteiger partial charge in [0.05, 0.1) is 6.04 Å². The van der Waals surface area contributed by atoms with Gasteiger partial charge in [0.15, 0.2) is 0 Å². The highest BCUT2D eigenvalue weighted by atomic mass is 16.4. The van der Waals surface area contributed by atoms with Gasteiger partial charge in [0.25, 0.3) is 0 Å². The zero-order chi connectivity index (χ0) is 30.2. The summed E-state index contributed by atoms with van der Waals surface area (Å²) in [7, 11) is 0. The van der Waals surface area contributed by atoms with Crippen LogP contribution in [0.3, 0.4) is 0 Å².